The average Bonchev–Trinajstić information content (AvgIpc) is 2.63. The lowest BCUT2D eigenvalue weighted by atomic mass is 10.1. The summed E-state index contributed by atoms with van der Waals surface area (Å²) >= 11 is 1.38. The number of benzene rings is 2. The number of thioether (sulfide) groups is 1. The van der Waals surface area contributed by atoms with Crippen molar-refractivity contribution in [3.8, 4) is 0 Å². The fourth-order valence-electron chi connectivity index (χ4n) is 2.37. The monoisotopic (exact) mass is 385 g/mol. The van der Waals surface area contributed by atoms with Crippen molar-refractivity contribution in [1.82, 2.24) is 0 Å². The highest BCUT2D eigenvalue weighted by Crippen LogP contribution is 2.26. The summed E-state index contributed by atoms with van der Waals surface area (Å²) in [6, 6.07) is 14.0. The van der Waals surface area contributed by atoms with Gasteiger partial charge in [0.25, 0.3) is 5.91 Å². The number of carbonyl (C=O) groups is 3. The summed E-state index contributed by atoms with van der Waals surface area (Å²) in [6.07, 6.45) is 1.28. The van der Waals surface area contributed by atoms with E-state index in [2.05, 4.69) is 10.6 Å². The summed E-state index contributed by atoms with van der Waals surface area (Å²) in [7, 11) is 0. The molecule has 7 heteroatoms. The third kappa shape index (κ3) is 6.14. The molecule has 6 nitrogen and oxygen atoms in total. The Bertz CT molecular complexity index is 821. The smallest absolute Gasteiger partial charge is 0.250 e. The van der Waals surface area contributed by atoms with Gasteiger partial charge in [-0.25, -0.2) is 0 Å². The quantitative estimate of drug-likeness (QED) is 0.604. The van der Waals surface area contributed by atoms with E-state index in [0.717, 1.165) is 17.0 Å². The molecule has 4 N–H and O–H groups in total. The highest BCUT2D eigenvalue weighted by molar-refractivity contribution is 8.00. The van der Waals surface area contributed by atoms with Crippen LogP contribution in [-0.2, 0) is 9.59 Å². The van der Waals surface area contributed by atoms with E-state index < -0.39 is 5.91 Å². The van der Waals surface area contributed by atoms with Gasteiger partial charge in [-0.1, -0.05) is 19.1 Å². The lowest BCUT2D eigenvalue weighted by Gasteiger charge is -2.14. The molecule has 3 amide bonds. The van der Waals surface area contributed by atoms with Crippen molar-refractivity contribution in [3.05, 3.63) is 54.1 Å². The van der Waals surface area contributed by atoms with Crippen molar-refractivity contribution in [1.29, 1.82) is 0 Å². The van der Waals surface area contributed by atoms with Crippen LogP contribution >= 0.6 is 11.8 Å². The number of rotatable bonds is 8. The number of anilines is 2. The van der Waals surface area contributed by atoms with Gasteiger partial charge in [-0.15, -0.1) is 11.8 Å². The molecule has 142 valence electrons. The van der Waals surface area contributed by atoms with Crippen molar-refractivity contribution in [2.24, 2.45) is 5.73 Å². The van der Waals surface area contributed by atoms with E-state index in [0.29, 0.717) is 12.1 Å². The molecule has 0 aromatic heterocycles. The predicted octanol–water partition coefficient (Wildman–Crippen LogP) is 3.64. The molecule has 0 aliphatic heterocycles. The Morgan fingerprint density at radius 3 is 2.33 bits per heavy atom. The third-order valence-corrected chi connectivity index (χ3v) is 4.86. The molecule has 0 saturated heterocycles. The van der Waals surface area contributed by atoms with Crippen molar-refractivity contribution in [2.75, 3.05) is 10.6 Å². The van der Waals surface area contributed by atoms with E-state index in [4.69, 9.17) is 5.73 Å². The molecule has 2 aromatic rings. The van der Waals surface area contributed by atoms with Crippen LogP contribution in [-0.4, -0.2) is 23.0 Å². The molecular formula is C20H23N3O3S. The lowest BCUT2D eigenvalue weighted by molar-refractivity contribution is -0.116. The maximum Gasteiger partial charge on any atom is 0.250 e. The minimum Gasteiger partial charge on any atom is -0.366 e. The van der Waals surface area contributed by atoms with Crippen LogP contribution in [0.2, 0.25) is 0 Å². The van der Waals surface area contributed by atoms with Gasteiger partial charge in [0.2, 0.25) is 11.8 Å². The van der Waals surface area contributed by atoms with E-state index in [9.17, 15) is 14.4 Å². The summed E-state index contributed by atoms with van der Waals surface area (Å²) in [5, 5.41) is 5.19. The zero-order chi connectivity index (χ0) is 19.8. The van der Waals surface area contributed by atoms with Crippen LogP contribution in [0.1, 0.15) is 37.0 Å². The minimum atomic E-state index is -0.591. The van der Waals surface area contributed by atoms with Crippen LogP contribution in [0.15, 0.2) is 53.4 Å². The van der Waals surface area contributed by atoms with E-state index in [1.165, 1.54) is 11.8 Å². The number of nitrogens with two attached hydrogens (primary N) is 1. The molecule has 1 unspecified atom stereocenters. The molecule has 0 bridgehead atoms. The van der Waals surface area contributed by atoms with Crippen molar-refractivity contribution in [3.63, 3.8) is 0 Å². The Balaban J connectivity index is 1.96. The van der Waals surface area contributed by atoms with Crippen molar-refractivity contribution >= 4 is 40.9 Å². The third-order valence-electron chi connectivity index (χ3n) is 3.75. The van der Waals surface area contributed by atoms with E-state index in [1.807, 2.05) is 31.2 Å². The average molecular weight is 385 g/mol. The Hall–Kier alpha value is -2.80. The SMILES string of the molecule is CCCC(=O)Nc1ccc(SC(C)C(=O)Nc2ccccc2C(N)=O)cc1. The van der Waals surface area contributed by atoms with Gasteiger partial charge in [-0.3, -0.25) is 14.4 Å². The molecule has 0 radical (unpaired) electrons. The topological polar surface area (TPSA) is 101 Å². The zero-order valence-electron chi connectivity index (χ0n) is 15.3. The number of carbonyl (C=O) groups excluding carboxylic acids is 3. The van der Waals surface area contributed by atoms with E-state index in [1.54, 1.807) is 31.2 Å². The number of hydrogen-bond donors (Lipinski definition) is 3. The molecule has 0 heterocycles. The van der Waals surface area contributed by atoms with Gasteiger partial charge in [-0.05, 0) is 49.7 Å². The summed E-state index contributed by atoms with van der Waals surface area (Å²) in [4.78, 5) is 36.4. The molecule has 2 aromatic carbocycles. The van der Waals surface area contributed by atoms with Crippen molar-refractivity contribution < 1.29 is 14.4 Å². The van der Waals surface area contributed by atoms with Crippen LogP contribution in [0, 0.1) is 0 Å². The molecule has 0 fully saturated rings. The highest BCUT2D eigenvalue weighted by Gasteiger charge is 2.17. The minimum absolute atomic E-state index is 0.0150. The number of para-hydroxylation sites is 1. The Morgan fingerprint density at radius 1 is 1.04 bits per heavy atom. The standard InChI is InChI=1S/C20H23N3O3S/c1-3-6-18(24)22-14-9-11-15(12-10-14)27-13(2)20(26)23-17-8-5-4-7-16(17)19(21)25/h4-5,7-13H,3,6H2,1-2H3,(H2,21,25)(H,22,24)(H,23,26). The molecule has 0 aliphatic carbocycles. The summed E-state index contributed by atoms with van der Waals surface area (Å²) in [5.41, 5.74) is 6.73. The van der Waals surface area contributed by atoms with Gasteiger partial charge in [0.15, 0.2) is 0 Å². The van der Waals surface area contributed by atoms with Gasteiger partial charge in [0, 0.05) is 17.0 Å². The van der Waals surface area contributed by atoms with Gasteiger partial charge >= 0.3 is 0 Å². The second-order valence-corrected chi connectivity index (χ2v) is 7.40. The van der Waals surface area contributed by atoms with Gasteiger partial charge in [0.05, 0.1) is 16.5 Å². The van der Waals surface area contributed by atoms with Crippen LogP contribution in [0.4, 0.5) is 11.4 Å². The number of primary amides is 1. The summed E-state index contributed by atoms with van der Waals surface area (Å²) in [5.74, 6) is -0.834. The molecular weight excluding hydrogens is 362 g/mol. The Morgan fingerprint density at radius 2 is 1.70 bits per heavy atom. The van der Waals surface area contributed by atoms with Crippen LogP contribution in [0.25, 0.3) is 0 Å². The Kier molecular flexibility index (Phi) is 7.43. The van der Waals surface area contributed by atoms with Gasteiger partial charge < -0.3 is 16.4 Å². The number of nitrogens with one attached hydrogen (secondary N) is 2. The number of amides is 3. The lowest BCUT2D eigenvalue weighted by Crippen LogP contribution is -2.24. The highest BCUT2D eigenvalue weighted by atomic mass is 32.2. The van der Waals surface area contributed by atoms with Crippen LogP contribution in [0.3, 0.4) is 0 Å². The molecule has 0 saturated carbocycles. The first-order valence-corrected chi connectivity index (χ1v) is 9.55. The second kappa shape index (κ2) is 9.78. The first kappa shape index (κ1) is 20.5. The second-order valence-electron chi connectivity index (χ2n) is 5.98. The molecule has 0 spiro atoms. The first-order chi connectivity index (χ1) is 12.9. The molecule has 1 atom stereocenters. The normalized spacial score (nSPS) is 11.5. The summed E-state index contributed by atoms with van der Waals surface area (Å²) < 4.78 is 0. The predicted molar refractivity (Wildman–Crippen MR) is 109 cm³/mol. The fraction of sp³-hybridized carbons (Fsp3) is 0.250. The van der Waals surface area contributed by atoms with Crippen LogP contribution in [0.5, 0.6) is 0 Å². The van der Waals surface area contributed by atoms with Gasteiger partial charge in [0.1, 0.15) is 0 Å². The Labute approximate surface area is 162 Å². The number of hydrogen-bond acceptors (Lipinski definition) is 4. The zero-order valence-corrected chi connectivity index (χ0v) is 16.1. The fourth-order valence-corrected chi connectivity index (χ4v) is 3.23. The first-order valence-electron chi connectivity index (χ1n) is 8.67. The van der Waals surface area contributed by atoms with Crippen LogP contribution < -0.4 is 16.4 Å². The van der Waals surface area contributed by atoms with Crippen molar-refractivity contribution in [2.45, 2.75) is 36.8 Å². The summed E-state index contributed by atoms with van der Waals surface area (Å²) in [6.45, 7) is 3.73. The maximum absolute atomic E-state index is 12.4. The maximum atomic E-state index is 12.4. The largest absolute Gasteiger partial charge is 0.366 e. The van der Waals surface area contributed by atoms with Gasteiger partial charge in [-0.2, -0.15) is 0 Å². The van der Waals surface area contributed by atoms with E-state index >= 15 is 0 Å². The molecule has 2 rings (SSSR count). The molecule has 27 heavy (non-hydrogen) atoms. The molecule has 0 aliphatic rings. The van der Waals surface area contributed by atoms with E-state index in [-0.39, 0.29) is 22.6 Å².